The molecule has 1 aliphatic rings. The summed E-state index contributed by atoms with van der Waals surface area (Å²) in [4.78, 5) is 29.0. The summed E-state index contributed by atoms with van der Waals surface area (Å²) in [5.41, 5.74) is -1.90. The number of rotatable bonds is 4. The molecule has 0 bridgehead atoms. The highest BCUT2D eigenvalue weighted by atomic mass is 19.4. The van der Waals surface area contributed by atoms with Crippen LogP contribution >= 0.6 is 0 Å². The fraction of sp³-hybridized carbons (Fsp3) is 0.320. The molecule has 1 unspecified atom stereocenters. The van der Waals surface area contributed by atoms with Crippen molar-refractivity contribution in [1.82, 2.24) is 0 Å². The second kappa shape index (κ2) is 9.79. The van der Waals surface area contributed by atoms with Crippen LogP contribution in [0.25, 0.3) is 0 Å². The molecule has 0 saturated carbocycles. The highest BCUT2D eigenvalue weighted by Gasteiger charge is 2.39. The monoisotopic (exact) mass is 513 g/mol. The SMILES string of the molecule is Cc1cc(C)c(C(F)(F)F)c(OC(=O)C2=CN=CC(C(=O)Oc3cc(C)cc(C)c3C(F)(F)F)C2)c1. The van der Waals surface area contributed by atoms with E-state index in [9.17, 15) is 35.9 Å². The minimum atomic E-state index is -4.79. The highest BCUT2D eigenvalue weighted by Crippen LogP contribution is 2.41. The average Bonchev–Trinajstić information content (AvgIpc) is 2.70. The molecule has 1 atom stereocenters. The molecule has 0 saturated heterocycles. The largest absolute Gasteiger partial charge is 0.425 e. The van der Waals surface area contributed by atoms with Crippen LogP contribution in [0, 0.1) is 33.6 Å². The lowest BCUT2D eigenvalue weighted by Gasteiger charge is -2.20. The third-order valence-electron chi connectivity index (χ3n) is 5.37. The zero-order valence-electron chi connectivity index (χ0n) is 19.6. The molecule has 0 amide bonds. The maximum Gasteiger partial charge on any atom is 0.420 e. The van der Waals surface area contributed by atoms with Crippen molar-refractivity contribution in [3.63, 3.8) is 0 Å². The second-order valence-corrected chi connectivity index (χ2v) is 8.48. The number of hydrogen-bond donors (Lipinski definition) is 0. The number of esters is 2. The first kappa shape index (κ1) is 27.0. The minimum absolute atomic E-state index is 0.138. The average molecular weight is 513 g/mol. The number of carbonyl (C=O) groups excluding carboxylic acids is 2. The molecule has 1 aliphatic heterocycles. The summed E-state index contributed by atoms with van der Waals surface area (Å²) in [6.45, 7) is 5.52. The van der Waals surface area contributed by atoms with Crippen molar-refractivity contribution in [2.45, 2.75) is 46.5 Å². The van der Waals surface area contributed by atoms with Crippen LogP contribution in [0.3, 0.4) is 0 Å². The molecule has 0 spiro atoms. The minimum Gasteiger partial charge on any atom is -0.425 e. The van der Waals surface area contributed by atoms with E-state index < -0.39 is 52.8 Å². The first-order chi connectivity index (χ1) is 16.6. The molecule has 36 heavy (non-hydrogen) atoms. The number of ether oxygens (including phenoxy) is 2. The van der Waals surface area contributed by atoms with Crippen molar-refractivity contribution < 1.29 is 45.4 Å². The van der Waals surface area contributed by atoms with Crippen molar-refractivity contribution in [3.05, 3.63) is 69.4 Å². The summed E-state index contributed by atoms with van der Waals surface area (Å²) in [6, 6.07) is 4.71. The Kier molecular flexibility index (Phi) is 7.33. The van der Waals surface area contributed by atoms with Crippen molar-refractivity contribution >= 4 is 18.2 Å². The van der Waals surface area contributed by atoms with Gasteiger partial charge in [0.2, 0.25) is 0 Å². The molecule has 2 aromatic carbocycles. The van der Waals surface area contributed by atoms with E-state index in [4.69, 9.17) is 9.47 Å². The van der Waals surface area contributed by atoms with Crippen LogP contribution in [0.5, 0.6) is 11.5 Å². The number of alkyl halides is 6. The molecule has 0 aromatic heterocycles. The van der Waals surface area contributed by atoms with Crippen molar-refractivity contribution in [3.8, 4) is 11.5 Å². The third-order valence-corrected chi connectivity index (χ3v) is 5.37. The van der Waals surface area contributed by atoms with Gasteiger partial charge in [0.1, 0.15) is 22.6 Å². The molecule has 2 aromatic rings. The first-order valence-corrected chi connectivity index (χ1v) is 10.6. The third kappa shape index (κ3) is 5.95. The molecule has 0 aliphatic carbocycles. The van der Waals surface area contributed by atoms with E-state index in [-0.39, 0.29) is 23.1 Å². The summed E-state index contributed by atoms with van der Waals surface area (Å²) < 4.78 is 91.1. The van der Waals surface area contributed by atoms with Crippen molar-refractivity contribution in [1.29, 1.82) is 0 Å². The van der Waals surface area contributed by atoms with Gasteiger partial charge in [0.15, 0.2) is 0 Å². The lowest BCUT2D eigenvalue weighted by molar-refractivity contribution is -0.144. The number of aryl methyl sites for hydroxylation is 4. The lowest BCUT2D eigenvalue weighted by atomic mass is 9.98. The van der Waals surface area contributed by atoms with Crippen LogP contribution in [0.15, 0.2) is 41.0 Å². The molecular formula is C25H21F6NO4. The van der Waals surface area contributed by atoms with Crippen LogP contribution in [0.2, 0.25) is 0 Å². The van der Waals surface area contributed by atoms with E-state index in [0.29, 0.717) is 11.1 Å². The summed E-state index contributed by atoms with van der Waals surface area (Å²) in [7, 11) is 0. The Morgan fingerprint density at radius 1 is 0.806 bits per heavy atom. The van der Waals surface area contributed by atoms with Crippen LogP contribution in [-0.2, 0) is 21.9 Å². The Labute approximate surface area is 202 Å². The quantitative estimate of drug-likeness (QED) is 0.268. The molecule has 0 fully saturated rings. The van der Waals surface area contributed by atoms with Gasteiger partial charge in [-0.05, 0) is 68.5 Å². The summed E-state index contributed by atoms with van der Waals surface area (Å²) >= 11 is 0. The molecule has 11 heteroatoms. The van der Waals surface area contributed by atoms with Crippen LogP contribution < -0.4 is 9.47 Å². The van der Waals surface area contributed by atoms with E-state index in [1.165, 1.54) is 39.8 Å². The van der Waals surface area contributed by atoms with Gasteiger partial charge in [0.05, 0.1) is 11.5 Å². The Morgan fingerprint density at radius 2 is 1.28 bits per heavy atom. The molecule has 0 N–H and O–H groups in total. The van der Waals surface area contributed by atoms with Crippen LogP contribution in [0.4, 0.5) is 26.3 Å². The fourth-order valence-electron chi connectivity index (χ4n) is 3.95. The van der Waals surface area contributed by atoms with Gasteiger partial charge in [-0.25, -0.2) is 4.79 Å². The predicted octanol–water partition coefficient (Wildman–Crippen LogP) is 6.44. The Bertz CT molecular complexity index is 1270. The van der Waals surface area contributed by atoms with Crippen LogP contribution in [-0.4, -0.2) is 18.2 Å². The van der Waals surface area contributed by atoms with Gasteiger partial charge >= 0.3 is 24.3 Å². The number of benzene rings is 2. The van der Waals surface area contributed by atoms with E-state index in [1.807, 2.05) is 0 Å². The van der Waals surface area contributed by atoms with E-state index >= 15 is 0 Å². The maximum absolute atomic E-state index is 13.5. The summed E-state index contributed by atoms with van der Waals surface area (Å²) in [6.07, 6.45) is -7.88. The number of nitrogens with zero attached hydrogens (tertiary/aromatic N) is 1. The maximum atomic E-state index is 13.5. The summed E-state index contributed by atoms with van der Waals surface area (Å²) in [5, 5.41) is 0. The lowest BCUT2D eigenvalue weighted by Crippen LogP contribution is -2.27. The Morgan fingerprint density at radius 3 is 1.75 bits per heavy atom. The molecule has 1 heterocycles. The van der Waals surface area contributed by atoms with E-state index in [1.54, 1.807) is 0 Å². The van der Waals surface area contributed by atoms with Gasteiger partial charge in [-0.15, -0.1) is 0 Å². The predicted molar refractivity (Wildman–Crippen MR) is 118 cm³/mol. The smallest absolute Gasteiger partial charge is 0.420 e. The number of carbonyl (C=O) groups is 2. The van der Waals surface area contributed by atoms with E-state index in [2.05, 4.69) is 4.99 Å². The van der Waals surface area contributed by atoms with Gasteiger partial charge in [-0.2, -0.15) is 26.3 Å². The van der Waals surface area contributed by atoms with Gasteiger partial charge in [-0.1, -0.05) is 12.1 Å². The zero-order valence-corrected chi connectivity index (χ0v) is 19.6. The normalized spacial score (nSPS) is 15.9. The van der Waals surface area contributed by atoms with Crippen molar-refractivity contribution in [2.24, 2.45) is 10.9 Å². The van der Waals surface area contributed by atoms with Gasteiger partial charge in [0.25, 0.3) is 0 Å². The number of hydrogen-bond acceptors (Lipinski definition) is 5. The van der Waals surface area contributed by atoms with Gasteiger partial charge in [0, 0.05) is 12.4 Å². The number of halogens is 6. The van der Waals surface area contributed by atoms with Crippen molar-refractivity contribution in [2.75, 3.05) is 0 Å². The fourth-order valence-corrected chi connectivity index (χ4v) is 3.95. The number of aliphatic imine (C=N–C) groups is 1. The first-order valence-electron chi connectivity index (χ1n) is 10.6. The Hall–Kier alpha value is -3.63. The standard InChI is InChI=1S/C25H21F6NO4/c1-12-5-14(3)20(24(26,27)28)18(7-12)35-22(33)16-9-17(11-32-10-16)23(34)36-19-8-13(2)6-15(4)21(19)25(29,30)31/h5-8,10-11,16H,9H2,1-4H3. The van der Waals surface area contributed by atoms with Gasteiger partial charge < -0.3 is 9.47 Å². The highest BCUT2D eigenvalue weighted by molar-refractivity contribution is 5.97. The van der Waals surface area contributed by atoms with Crippen LogP contribution in [0.1, 0.15) is 39.8 Å². The second-order valence-electron chi connectivity index (χ2n) is 8.48. The molecule has 192 valence electrons. The Balaban J connectivity index is 1.81. The molecular weight excluding hydrogens is 492 g/mol. The topological polar surface area (TPSA) is 65.0 Å². The van der Waals surface area contributed by atoms with E-state index in [0.717, 1.165) is 24.5 Å². The summed E-state index contributed by atoms with van der Waals surface area (Å²) in [5.74, 6) is -4.95. The molecule has 3 rings (SSSR count). The molecule has 0 radical (unpaired) electrons. The zero-order chi connectivity index (χ0) is 27.0. The van der Waals surface area contributed by atoms with Gasteiger partial charge in [-0.3, -0.25) is 9.79 Å². The molecule has 5 nitrogen and oxygen atoms in total.